The van der Waals surface area contributed by atoms with E-state index >= 15 is 0 Å². The zero-order chi connectivity index (χ0) is 13.3. The number of rotatable bonds is 3. The molecule has 1 heterocycles. The van der Waals surface area contributed by atoms with Gasteiger partial charge in [-0.2, -0.15) is 0 Å². The van der Waals surface area contributed by atoms with Crippen LogP contribution in [0.15, 0.2) is 35.7 Å². The molecule has 0 bridgehead atoms. The molecule has 0 unspecified atom stereocenters. The van der Waals surface area contributed by atoms with Crippen LogP contribution in [0.5, 0.6) is 0 Å². The molecule has 1 N–H and O–H groups in total. The van der Waals surface area contributed by atoms with E-state index in [2.05, 4.69) is 5.32 Å². The van der Waals surface area contributed by atoms with E-state index in [9.17, 15) is 18.5 Å². The van der Waals surface area contributed by atoms with Crippen LogP contribution in [-0.2, 0) is 9.84 Å². The summed E-state index contributed by atoms with van der Waals surface area (Å²) in [6.45, 7) is 1.89. The zero-order valence-corrected chi connectivity index (χ0v) is 10.5. The minimum absolute atomic E-state index is 0.158. The van der Waals surface area contributed by atoms with Crippen molar-refractivity contribution < 1.29 is 13.3 Å². The molecule has 1 aromatic carbocycles. The van der Waals surface area contributed by atoms with Gasteiger partial charge in [-0.05, 0) is 24.6 Å². The Balaban J connectivity index is 2.32. The van der Waals surface area contributed by atoms with Crippen molar-refractivity contribution in [1.82, 2.24) is 0 Å². The van der Waals surface area contributed by atoms with E-state index < -0.39 is 20.5 Å². The highest BCUT2D eigenvalue weighted by atomic mass is 32.2. The number of hydrogen-bond acceptors (Lipinski definition) is 5. The third kappa shape index (κ3) is 2.67. The maximum absolute atomic E-state index is 11.4. The van der Waals surface area contributed by atoms with Gasteiger partial charge in [0.05, 0.1) is 10.7 Å². The molecule has 1 aliphatic rings. The first-order chi connectivity index (χ1) is 8.37. The first-order valence-corrected chi connectivity index (χ1v) is 7.10. The van der Waals surface area contributed by atoms with Crippen molar-refractivity contribution in [2.45, 2.75) is 6.92 Å². The molecule has 0 amide bonds. The van der Waals surface area contributed by atoms with Crippen molar-refractivity contribution in [3.63, 3.8) is 0 Å². The van der Waals surface area contributed by atoms with E-state index in [1.165, 1.54) is 0 Å². The number of nitro groups is 1. The van der Waals surface area contributed by atoms with Crippen molar-refractivity contribution in [1.29, 1.82) is 0 Å². The Bertz CT molecular complexity index is 634. The summed E-state index contributed by atoms with van der Waals surface area (Å²) in [4.78, 5) is 10.2. The van der Waals surface area contributed by atoms with Crippen LogP contribution in [0, 0.1) is 17.0 Å². The Kier molecular flexibility index (Phi) is 3.08. The highest BCUT2D eigenvalue weighted by molar-refractivity contribution is 7.92. The maximum atomic E-state index is 11.4. The quantitative estimate of drug-likeness (QED) is 0.659. The summed E-state index contributed by atoms with van der Waals surface area (Å²) in [6.07, 6.45) is 0. The van der Waals surface area contributed by atoms with Crippen molar-refractivity contribution in [2.24, 2.45) is 0 Å². The van der Waals surface area contributed by atoms with Gasteiger partial charge in [-0.15, -0.1) is 0 Å². The first kappa shape index (κ1) is 12.6. The second-order valence-electron chi connectivity index (χ2n) is 4.21. The second-order valence-corrected chi connectivity index (χ2v) is 6.27. The number of hydrogen-bond donors (Lipinski definition) is 1. The molecular formula is C11H12N2O4S. The van der Waals surface area contributed by atoms with Crippen molar-refractivity contribution in [3.8, 4) is 0 Å². The highest BCUT2D eigenvalue weighted by Crippen LogP contribution is 2.22. The normalized spacial score (nSPS) is 17.8. The van der Waals surface area contributed by atoms with Gasteiger partial charge in [-0.3, -0.25) is 10.1 Å². The fraction of sp³-hybridized carbons (Fsp3) is 0.273. The highest BCUT2D eigenvalue weighted by Gasteiger charge is 2.35. The SMILES string of the molecule is Cc1cccc(NC2=C([N+](=O)[O-])CS(=O)(=O)C2)c1. The Hall–Kier alpha value is -1.89. The molecule has 1 aromatic rings. The molecule has 1 aliphatic heterocycles. The van der Waals surface area contributed by atoms with Gasteiger partial charge in [0.1, 0.15) is 11.4 Å². The van der Waals surface area contributed by atoms with Crippen molar-refractivity contribution in [3.05, 3.63) is 51.3 Å². The lowest BCUT2D eigenvalue weighted by Gasteiger charge is -2.06. The standard InChI is InChI=1S/C11H12N2O4S/c1-8-3-2-4-9(5-8)12-10-6-18(16,17)7-11(10)13(14)15/h2-5,12H,6-7H2,1H3. The van der Waals surface area contributed by atoms with Crippen molar-refractivity contribution in [2.75, 3.05) is 16.8 Å². The van der Waals surface area contributed by atoms with E-state index in [0.717, 1.165) is 5.56 Å². The molecule has 0 aromatic heterocycles. The molecule has 0 fully saturated rings. The summed E-state index contributed by atoms with van der Waals surface area (Å²) in [7, 11) is -3.40. The molecule has 18 heavy (non-hydrogen) atoms. The number of nitrogens with zero attached hydrogens (tertiary/aromatic N) is 1. The Morgan fingerprint density at radius 3 is 2.67 bits per heavy atom. The third-order valence-corrected chi connectivity index (χ3v) is 4.04. The summed E-state index contributed by atoms with van der Waals surface area (Å²) < 4.78 is 22.9. The molecule has 0 spiro atoms. The minimum atomic E-state index is -3.40. The van der Waals surface area contributed by atoms with Crippen LogP contribution in [0.3, 0.4) is 0 Å². The molecular weight excluding hydrogens is 256 g/mol. The molecule has 0 saturated carbocycles. The number of anilines is 1. The molecule has 0 saturated heterocycles. The van der Waals surface area contributed by atoms with Crippen LogP contribution in [0.2, 0.25) is 0 Å². The number of sulfone groups is 1. The fourth-order valence-electron chi connectivity index (χ4n) is 1.82. The predicted octanol–water partition coefficient (Wildman–Crippen LogP) is 1.32. The van der Waals surface area contributed by atoms with E-state index in [0.29, 0.717) is 5.69 Å². The van der Waals surface area contributed by atoms with E-state index in [1.807, 2.05) is 13.0 Å². The van der Waals surface area contributed by atoms with Gasteiger partial charge >= 0.3 is 0 Å². The maximum Gasteiger partial charge on any atom is 0.281 e. The summed E-state index contributed by atoms with van der Waals surface area (Å²) in [5.41, 5.74) is 1.53. The van der Waals surface area contributed by atoms with Gasteiger partial charge in [-0.25, -0.2) is 8.42 Å². The summed E-state index contributed by atoms with van der Waals surface area (Å²) in [5.74, 6) is -0.814. The van der Waals surface area contributed by atoms with Gasteiger partial charge < -0.3 is 5.32 Å². The average molecular weight is 268 g/mol. The van der Waals surface area contributed by atoms with Crippen LogP contribution < -0.4 is 5.32 Å². The largest absolute Gasteiger partial charge is 0.353 e. The van der Waals surface area contributed by atoms with Crippen molar-refractivity contribution >= 4 is 15.5 Å². The predicted molar refractivity (Wildman–Crippen MR) is 67.5 cm³/mol. The number of nitrogens with one attached hydrogen (secondary N) is 1. The Morgan fingerprint density at radius 1 is 1.33 bits per heavy atom. The second kappa shape index (κ2) is 4.41. The van der Waals surface area contributed by atoms with Gasteiger partial charge in [0.15, 0.2) is 9.84 Å². The van der Waals surface area contributed by atoms with E-state index in [-0.39, 0.29) is 17.1 Å². The van der Waals surface area contributed by atoms with Gasteiger partial charge in [0.25, 0.3) is 5.70 Å². The lowest BCUT2D eigenvalue weighted by molar-refractivity contribution is -0.424. The number of benzene rings is 1. The average Bonchev–Trinajstić information content (AvgIpc) is 2.54. The molecule has 7 heteroatoms. The number of aryl methyl sites for hydroxylation is 1. The summed E-state index contributed by atoms with van der Waals surface area (Å²) >= 11 is 0. The molecule has 96 valence electrons. The lowest BCUT2D eigenvalue weighted by atomic mass is 10.2. The van der Waals surface area contributed by atoms with Crippen LogP contribution in [-0.4, -0.2) is 24.8 Å². The van der Waals surface area contributed by atoms with Gasteiger partial charge in [0, 0.05) is 5.69 Å². The molecule has 0 radical (unpaired) electrons. The van der Waals surface area contributed by atoms with E-state index in [4.69, 9.17) is 0 Å². The first-order valence-electron chi connectivity index (χ1n) is 5.28. The van der Waals surface area contributed by atoms with Gasteiger partial charge in [0.2, 0.25) is 0 Å². The monoisotopic (exact) mass is 268 g/mol. The van der Waals surface area contributed by atoms with E-state index in [1.54, 1.807) is 18.2 Å². The molecule has 0 aliphatic carbocycles. The van der Waals surface area contributed by atoms with Gasteiger partial charge in [-0.1, -0.05) is 12.1 Å². The van der Waals surface area contributed by atoms with Crippen LogP contribution in [0.25, 0.3) is 0 Å². The third-order valence-electron chi connectivity index (χ3n) is 2.60. The topological polar surface area (TPSA) is 89.3 Å². The molecule has 2 rings (SSSR count). The summed E-state index contributed by atoms with van der Waals surface area (Å²) in [5, 5.41) is 13.6. The lowest BCUT2D eigenvalue weighted by Crippen LogP contribution is -2.08. The van der Waals surface area contributed by atoms with Crippen LogP contribution in [0.4, 0.5) is 5.69 Å². The zero-order valence-electron chi connectivity index (χ0n) is 9.71. The fourth-order valence-corrected chi connectivity index (χ4v) is 3.29. The van der Waals surface area contributed by atoms with Crippen LogP contribution in [0.1, 0.15) is 5.56 Å². The summed E-state index contributed by atoms with van der Waals surface area (Å²) in [6, 6.07) is 7.23. The Labute approximate surface area is 104 Å². The van der Waals surface area contributed by atoms with Crippen LogP contribution >= 0.6 is 0 Å². The molecule has 0 atom stereocenters. The Morgan fingerprint density at radius 2 is 2.06 bits per heavy atom. The minimum Gasteiger partial charge on any atom is -0.353 e. The smallest absolute Gasteiger partial charge is 0.281 e. The molecule has 6 nitrogen and oxygen atoms in total.